The molecule has 0 saturated heterocycles. The Kier molecular flexibility index (Phi) is 11.6. The van der Waals surface area contributed by atoms with Gasteiger partial charge in [-0.1, -0.05) is 53.5 Å². The van der Waals surface area contributed by atoms with Crippen LogP contribution in [-0.4, -0.2) is 72.2 Å². The van der Waals surface area contributed by atoms with Gasteiger partial charge in [0.25, 0.3) is 23.6 Å². The van der Waals surface area contributed by atoms with Gasteiger partial charge in [0.1, 0.15) is 18.1 Å². The fraction of sp³-hybridized carbons (Fsp3) is 0.263. The summed E-state index contributed by atoms with van der Waals surface area (Å²) in [6, 6.07) is 18.6. The average Bonchev–Trinajstić information content (AvgIpc) is 3.48. The Balaban J connectivity index is 0.000000206. The van der Waals surface area contributed by atoms with Crippen LogP contribution in [0.3, 0.4) is 0 Å². The van der Waals surface area contributed by atoms with E-state index in [1.165, 1.54) is 17.0 Å². The maximum Gasteiger partial charge on any atom is 0.417 e. The number of alkyl halides is 3. The lowest BCUT2D eigenvalue weighted by Gasteiger charge is -2.16. The average molecular weight is 757 g/mol. The summed E-state index contributed by atoms with van der Waals surface area (Å²) in [6.45, 7) is 5.02. The van der Waals surface area contributed by atoms with Crippen molar-refractivity contribution in [3.8, 4) is 11.5 Å². The molecule has 0 saturated carbocycles. The highest BCUT2D eigenvalue weighted by molar-refractivity contribution is 6.31. The zero-order valence-electron chi connectivity index (χ0n) is 28.6. The third-order valence-corrected chi connectivity index (χ3v) is 9.01. The van der Waals surface area contributed by atoms with Crippen LogP contribution < -0.4 is 9.47 Å². The number of hydrogen-bond donors (Lipinski definition) is 0. The number of halogens is 5. The van der Waals surface area contributed by atoms with Gasteiger partial charge in [0, 0.05) is 11.6 Å². The predicted molar refractivity (Wildman–Crippen MR) is 189 cm³/mol. The molecule has 52 heavy (non-hydrogen) atoms. The molecular weight excluding hydrogens is 722 g/mol. The van der Waals surface area contributed by atoms with Crippen molar-refractivity contribution in [1.82, 2.24) is 14.7 Å². The molecule has 272 valence electrons. The van der Waals surface area contributed by atoms with Gasteiger partial charge >= 0.3 is 6.18 Å². The van der Waals surface area contributed by atoms with E-state index in [1.54, 1.807) is 36.4 Å². The van der Waals surface area contributed by atoms with Crippen LogP contribution in [0.4, 0.5) is 13.2 Å². The number of likely N-dealkylation sites (N-methyl/N-ethyl adjacent to an activating group) is 1. The molecule has 9 nitrogen and oxygen atoms in total. The van der Waals surface area contributed by atoms with Crippen LogP contribution in [0.25, 0.3) is 0 Å². The first kappa shape index (κ1) is 38.3. The maximum atomic E-state index is 13.1. The number of hydrogen-bond acceptors (Lipinski definition) is 7. The third-order valence-electron chi connectivity index (χ3n) is 8.26. The van der Waals surface area contributed by atoms with E-state index in [0.29, 0.717) is 41.7 Å². The molecule has 0 atom stereocenters. The Hall–Kier alpha value is -4.91. The van der Waals surface area contributed by atoms with Crippen LogP contribution in [-0.2, 0) is 19.3 Å². The molecule has 0 aromatic heterocycles. The van der Waals surface area contributed by atoms with Crippen LogP contribution in [0.15, 0.2) is 72.8 Å². The molecule has 6 rings (SSSR count). The molecule has 4 aromatic rings. The monoisotopic (exact) mass is 755 g/mol. The molecule has 0 fully saturated rings. The van der Waals surface area contributed by atoms with Crippen molar-refractivity contribution < 1.29 is 41.8 Å². The summed E-state index contributed by atoms with van der Waals surface area (Å²) in [5.41, 5.74) is 1.95. The van der Waals surface area contributed by atoms with Crippen LogP contribution in [0.1, 0.15) is 70.6 Å². The van der Waals surface area contributed by atoms with Crippen molar-refractivity contribution in [2.45, 2.75) is 33.1 Å². The summed E-state index contributed by atoms with van der Waals surface area (Å²) in [4.78, 5) is 54.8. The van der Waals surface area contributed by atoms with E-state index in [0.717, 1.165) is 28.2 Å². The van der Waals surface area contributed by atoms with Crippen LogP contribution in [0, 0.1) is 6.92 Å². The van der Waals surface area contributed by atoms with Gasteiger partial charge < -0.3 is 14.4 Å². The lowest BCUT2D eigenvalue weighted by atomic mass is 10.1. The van der Waals surface area contributed by atoms with Gasteiger partial charge in [0.15, 0.2) is 0 Å². The van der Waals surface area contributed by atoms with Gasteiger partial charge in [-0.05, 0) is 87.1 Å². The van der Waals surface area contributed by atoms with Gasteiger partial charge in [-0.15, -0.1) is 0 Å². The lowest BCUT2D eigenvalue weighted by Crippen LogP contribution is -2.29. The van der Waals surface area contributed by atoms with Gasteiger partial charge in [0.2, 0.25) is 0 Å². The second kappa shape index (κ2) is 15.8. The first-order valence-corrected chi connectivity index (χ1v) is 16.9. The van der Waals surface area contributed by atoms with E-state index in [-0.39, 0.29) is 47.3 Å². The first-order valence-electron chi connectivity index (χ1n) is 16.1. The largest absolute Gasteiger partial charge is 0.493 e. The molecule has 0 bridgehead atoms. The number of carbonyl (C=O) groups is 4. The molecule has 0 radical (unpaired) electrons. The van der Waals surface area contributed by atoms with Crippen molar-refractivity contribution in [1.29, 1.82) is 0 Å². The Morgan fingerprint density at radius 2 is 1.19 bits per heavy atom. The Bertz CT molecular complexity index is 2050. The standard InChI is InChI=1S/C20H18ClF3N2O3.C18H16ClNO3/c1-25(2)8-9-29-16-5-3-4-13-17(16)19(28)26(18(13)27)11-12-6-7-15(21)14(10-12)20(22,23)24;1-3-23-15-6-4-5-13-16(15)18(22)20(17(13)21)10-12-7-8-14(19)11(2)9-12/h3-7,10H,8-9,11H2,1-2H3;4-9H,3,10H2,1-2H3. The van der Waals surface area contributed by atoms with Crippen molar-refractivity contribution in [3.63, 3.8) is 0 Å². The number of benzene rings is 4. The molecule has 0 unspecified atom stereocenters. The van der Waals surface area contributed by atoms with Gasteiger partial charge in [-0.2, -0.15) is 13.2 Å². The number of ether oxygens (including phenoxy) is 2. The molecule has 2 aliphatic rings. The number of aryl methyl sites for hydroxylation is 1. The molecule has 4 aromatic carbocycles. The minimum atomic E-state index is -4.64. The van der Waals surface area contributed by atoms with Gasteiger partial charge in [-0.3, -0.25) is 29.0 Å². The summed E-state index contributed by atoms with van der Waals surface area (Å²) < 4.78 is 50.4. The summed E-state index contributed by atoms with van der Waals surface area (Å²) in [5.74, 6) is -1.06. The van der Waals surface area contributed by atoms with Gasteiger partial charge in [-0.25, -0.2) is 0 Å². The molecular formula is C38H34Cl2F3N3O6. The predicted octanol–water partition coefficient (Wildman–Crippen LogP) is 7.94. The minimum Gasteiger partial charge on any atom is -0.493 e. The van der Waals surface area contributed by atoms with E-state index >= 15 is 0 Å². The van der Waals surface area contributed by atoms with E-state index in [4.69, 9.17) is 32.7 Å². The molecule has 4 amide bonds. The summed E-state index contributed by atoms with van der Waals surface area (Å²) in [5, 5.41) is 0.218. The normalized spacial score (nSPS) is 13.7. The summed E-state index contributed by atoms with van der Waals surface area (Å²) in [6.07, 6.45) is -4.64. The van der Waals surface area contributed by atoms with Crippen LogP contribution in [0.5, 0.6) is 11.5 Å². The summed E-state index contributed by atoms with van der Waals surface area (Å²) in [7, 11) is 3.74. The second-order valence-electron chi connectivity index (χ2n) is 12.2. The Morgan fingerprint density at radius 3 is 1.67 bits per heavy atom. The fourth-order valence-corrected chi connectivity index (χ4v) is 6.03. The van der Waals surface area contributed by atoms with Crippen molar-refractivity contribution in [2.24, 2.45) is 0 Å². The Morgan fingerprint density at radius 1 is 0.692 bits per heavy atom. The van der Waals surface area contributed by atoms with Crippen LogP contribution >= 0.6 is 23.2 Å². The second-order valence-corrected chi connectivity index (χ2v) is 13.0. The summed E-state index contributed by atoms with van der Waals surface area (Å²) >= 11 is 11.7. The zero-order chi connectivity index (χ0) is 37.9. The molecule has 2 heterocycles. The molecule has 0 aliphatic carbocycles. The van der Waals surface area contributed by atoms with Crippen molar-refractivity contribution in [3.05, 3.63) is 127 Å². The van der Waals surface area contributed by atoms with E-state index in [1.807, 2.05) is 45.0 Å². The number of carbonyl (C=O) groups excluding carboxylic acids is 4. The van der Waals surface area contributed by atoms with Crippen molar-refractivity contribution >= 4 is 46.8 Å². The molecule has 0 N–H and O–H groups in total. The van der Waals surface area contributed by atoms with Crippen LogP contribution in [0.2, 0.25) is 10.0 Å². The first-order chi connectivity index (χ1) is 24.6. The number of amides is 4. The highest BCUT2D eigenvalue weighted by Gasteiger charge is 2.40. The molecule has 0 spiro atoms. The van der Waals surface area contributed by atoms with E-state index < -0.39 is 28.6 Å². The molecule has 2 aliphatic heterocycles. The van der Waals surface area contributed by atoms with Gasteiger partial charge in [0.05, 0.1) is 52.5 Å². The Labute approximate surface area is 308 Å². The number of imide groups is 2. The number of fused-ring (bicyclic) bond motifs is 2. The number of rotatable bonds is 10. The minimum absolute atomic E-state index is 0.126. The third kappa shape index (κ3) is 8.09. The highest BCUT2D eigenvalue weighted by atomic mass is 35.5. The number of nitrogens with zero attached hydrogens (tertiary/aromatic N) is 3. The lowest BCUT2D eigenvalue weighted by molar-refractivity contribution is -0.137. The highest BCUT2D eigenvalue weighted by Crippen LogP contribution is 2.37. The molecule has 14 heteroatoms. The van der Waals surface area contributed by atoms with E-state index in [2.05, 4.69) is 0 Å². The topological polar surface area (TPSA) is 96.5 Å². The smallest absolute Gasteiger partial charge is 0.417 e. The fourth-order valence-electron chi connectivity index (χ4n) is 5.68. The van der Waals surface area contributed by atoms with E-state index in [9.17, 15) is 32.3 Å². The zero-order valence-corrected chi connectivity index (χ0v) is 30.2. The maximum absolute atomic E-state index is 13.1. The SMILES string of the molecule is CCOc1cccc2c1C(=O)N(Cc1ccc(Cl)c(C)c1)C2=O.CN(C)CCOc1cccc2c1C(=O)N(Cc1ccc(Cl)c(C(F)(F)F)c1)C2=O. The van der Waals surface area contributed by atoms with Crippen molar-refractivity contribution in [2.75, 3.05) is 33.9 Å². The quantitative estimate of drug-likeness (QED) is 0.152.